The molecular formula is C27H43N5O3. The van der Waals surface area contributed by atoms with Crippen molar-refractivity contribution < 1.29 is 14.7 Å². The summed E-state index contributed by atoms with van der Waals surface area (Å²) in [7, 11) is 0. The number of hydrogen-bond donors (Lipinski definition) is 5. The first-order valence-electron chi connectivity index (χ1n) is 13.0. The first-order valence-corrected chi connectivity index (χ1v) is 13.0. The molecule has 6 N–H and O–H groups in total. The van der Waals surface area contributed by atoms with E-state index in [4.69, 9.17) is 10.9 Å². The SMILES string of the molecule is CCCCCN(CCc1c[nH]c2ccccc12)C(=O)CCCCCN/C=C(/CCCC(=O)O)NN. The summed E-state index contributed by atoms with van der Waals surface area (Å²) < 4.78 is 0. The minimum absolute atomic E-state index is 0.129. The highest BCUT2D eigenvalue weighted by Crippen LogP contribution is 2.19. The summed E-state index contributed by atoms with van der Waals surface area (Å²) in [6.45, 7) is 4.56. The molecule has 0 atom stereocenters. The predicted molar refractivity (Wildman–Crippen MR) is 141 cm³/mol. The molecule has 1 amide bonds. The topological polar surface area (TPSA) is 123 Å². The number of hydrogen-bond acceptors (Lipinski definition) is 5. The van der Waals surface area contributed by atoms with Crippen LogP contribution in [0.25, 0.3) is 10.9 Å². The lowest BCUT2D eigenvalue weighted by molar-refractivity contribution is -0.137. The van der Waals surface area contributed by atoms with E-state index in [0.29, 0.717) is 19.3 Å². The molecule has 0 saturated heterocycles. The Balaban J connectivity index is 1.71. The Morgan fingerprint density at radius 1 is 1.03 bits per heavy atom. The van der Waals surface area contributed by atoms with Crippen molar-refractivity contribution in [2.45, 2.75) is 77.6 Å². The van der Waals surface area contributed by atoms with Gasteiger partial charge in [-0.3, -0.25) is 15.4 Å². The number of carbonyl (C=O) groups is 2. The van der Waals surface area contributed by atoms with E-state index in [0.717, 1.165) is 75.8 Å². The fourth-order valence-corrected chi connectivity index (χ4v) is 4.16. The maximum absolute atomic E-state index is 13.0. The Morgan fingerprint density at radius 3 is 2.63 bits per heavy atom. The summed E-state index contributed by atoms with van der Waals surface area (Å²) in [5.41, 5.74) is 5.81. The first kappa shape index (κ1) is 28.2. The zero-order valence-corrected chi connectivity index (χ0v) is 21.2. The number of benzene rings is 1. The largest absolute Gasteiger partial charge is 0.481 e. The minimum atomic E-state index is -0.800. The van der Waals surface area contributed by atoms with Gasteiger partial charge in [-0.25, -0.2) is 0 Å². The van der Waals surface area contributed by atoms with Gasteiger partial charge in [0.2, 0.25) is 5.91 Å². The lowest BCUT2D eigenvalue weighted by Gasteiger charge is -2.23. The Bertz CT molecular complexity index is 924. The molecule has 2 rings (SSSR count). The van der Waals surface area contributed by atoms with Crippen molar-refractivity contribution in [2.24, 2.45) is 5.84 Å². The molecule has 0 bridgehead atoms. The maximum Gasteiger partial charge on any atom is 0.303 e. The normalized spacial score (nSPS) is 11.5. The summed E-state index contributed by atoms with van der Waals surface area (Å²) in [5.74, 6) is 4.94. The molecule has 194 valence electrons. The van der Waals surface area contributed by atoms with Crippen LogP contribution in [0.1, 0.15) is 76.7 Å². The van der Waals surface area contributed by atoms with Crippen LogP contribution < -0.4 is 16.6 Å². The number of aliphatic carboxylic acids is 1. The molecule has 1 aromatic heterocycles. The van der Waals surface area contributed by atoms with Gasteiger partial charge in [0.1, 0.15) is 0 Å². The summed E-state index contributed by atoms with van der Waals surface area (Å²) in [5, 5.41) is 13.2. The Morgan fingerprint density at radius 2 is 1.86 bits per heavy atom. The Hall–Kier alpha value is -3.00. The number of rotatable bonds is 19. The monoisotopic (exact) mass is 485 g/mol. The van der Waals surface area contributed by atoms with Gasteiger partial charge in [-0.2, -0.15) is 0 Å². The van der Waals surface area contributed by atoms with Crippen molar-refractivity contribution in [1.29, 1.82) is 0 Å². The predicted octanol–water partition coefficient (Wildman–Crippen LogP) is 4.44. The number of nitrogens with one attached hydrogen (secondary N) is 3. The number of carboxylic acids is 1. The first-order chi connectivity index (χ1) is 17.0. The van der Waals surface area contributed by atoms with Gasteiger partial charge >= 0.3 is 5.97 Å². The zero-order valence-electron chi connectivity index (χ0n) is 21.2. The van der Waals surface area contributed by atoms with E-state index in [2.05, 4.69) is 51.9 Å². The standard InChI is InChI=1S/C27H43N5O3/c1-2-3-9-18-32(19-16-22-20-30-25-13-7-6-12-24(22)25)26(33)14-5-4-8-17-29-21-23(31-28)11-10-15-27(34)35/h6-7,12-13,20-21,29-31H,2-5,8-11,14-19,28H2,1H3,(H,34,35)/b23-21-. The van der Waals surface area contributed by atoms with E-state index in [1.54, 1.807) is 0 Å². The highest BCUT2D eigenvalue weighted by Gasteiger charge is 2.14. The molecule has 0 aliphatic carbocycles. The summed E-state index contributed by atoms with van der Waals surface area (Å²) in [6.07, 6.45) is 12.8. The van der Waals surface area contributed by atoms with Crippen LogP contribution in [0.15, 0.2) is 42.4 Å². The fourth-order valence-electron chi connectivity index (χ4n) is 4.16. The number of fused-ring (bicyclic) bond motifs is 1. The number of allylic oxidation sites excluding steroid dienone is 1. The van der Waals surface area contributed by atoms with Gasteiger partial charge < -0.3 is 25.7 Å². The van der Waals surface area contributed by atoms with Crippen LogP contribution in [0.2, 0.25) is 0 Å². The van der Waals surface area contributed by atoms with Crippen molar-refractivity contribution in [3.8, 4) is 0 Å². The van der Waals surface area contributed by atoms with Gasteiger partial charge in [0.25, 0.3) is 0 Å². The van der Waals surface area contributed by atoms with Crippen LogP contribution in [-0.4, -0.2) is 46.5 Å². The number of unbranched alkanes of at least 4 members (excludes halogenated alkanes) is 4. The molecule has 0 unspecified atom stereocenters. The molecule has 8 nitrogen and oxygen atoms in total. The number of H-pyrrole nitrogens is 1. The van der Waals surface area contributed by atoms with Gasteiger partial charge in [-0.15, -0.1) is 0 Å². The molecule has 35 heavy (non-hydrogen) atoms. The maximum atomic E-state index is 13.0. The van der Waals surface area contributed by atoms with Crippen LogP contribution >= 0.6 is 0 Å². The van der Waals surface area contributed by atoms with Crippen molar-refractivity contribution in [2.75, 3.05) is 19.6 Å². The molecule has 0 radical (unpaired) electrons. The van der Waals surface area contributed by atoms with Crippen LogP contribution in [0.5, 0.6) is 0 Å². The van der Waals surface area contributed by atoms with Gasteiger partial charge in [-0.05, 0) is 50.2 Å². The molecule has 1 aromatic carbocycles. The third-order valence-corrected chi connectivity index (χ3v) is 6.22. The summed E-state index contributed by atoms with van der Waals surface area (Å²) in [6, 6.07) is 8.31. The second kappa shape index (κ2) is 16.6. The second-order valence-electron chi connectivity index (χ2n) is 9.02. The highest BCUT2D eigenvalue weighted by molar-refractivity contribution is 5.83. The Labute approximate surface area is 209 Å². The smallest absolute Gasteiger partial charge is 0.303 e. The number of para-hydroxylation sites is 1. The van der Waals surface area contributed by atoms with Crippen molar-refractivity contribution in [3.63, 3.8) is 0 Å². The third kappa shape index (κ3) is 10.9. The number of aromatic nitrogens is 1. The van der Waals surface area contributed by atoms with Gasteiger partial charge in [0, 0.05) is 61.5 Å². The highest BCUT2D eigenvalue weighted by atomic mass is 16.4. The number of hydrazine groups is 1. The molecule has 0 aliphatic heterocycles. The molecule has 8 heteroatoms. The lowest BCUT2D eigenvalue weighted by atomic mass is 10.1. The van der Waals surface area contributed by atoms with Crippen molar-refractivity contribution in [3.05, 3.63) is 47.9 Å². The van der Waals surface area contributed by atoms with E-state index < -0.39 is 5.97 Å². The number of nitrogens with two attached hydrogens (primary N) is 1. The quantitative estimate of drug-likeness (QED) is 0.114. The molecule has 0 aliphatic rings. The molecule has 2 aromatic rings. The van der Waals surface area contributed by atoms with Crippen LogP contribution in [-0.2, 0) is 16.0 Å². The molecular weight excluding hydrogens is 442 g/mol. The second-order valence-corrected chi connectivity index (χ2v) is 9.02. The molecule has 0 saturated carbocycles. The number of carbonyl (C=O) groups excluding carboxylic acids is 1. The lowest BCUT2D eigenvalue weighted by Crippen LogP contribution is -2.33. The minimum Gasteiger partial charge on any atom is -0.481 e. The van der Waals surface area contributed by atoms with E-state index >= 15 is 0 Å². The van der Waals surface area contributed by atoms with Crippen LogP contribution in [0, 0.1) is 0 Å². The number of nitrogens with zero attached hydrogens (tertiary/aromatic N) is 1. The summed E-state index contributed by atoms with van der Waals surface area (Å²) in [4.78, 5) is 28.9. The number of aromatic amines is 1. The number of carboxylic acid groups (broad SMARTS) is 1. The van der Waals surface area contributed by atoms with Gasteiger partial charge in [-0.1, -0.05) is 44.4 Å². The number of amides is 1. The van der Waals surface area contributed by atoms with E-state index in [1.165, 1.54) is 10.9 Å². The van der Waals surface area contributed by atoms with Crippen molar-refractivity contribution in [1.82, 2.24) is 20.6 Å². The average Bonchev–Trinajstić information content (AvgIpc) is 3.27. The molecule has 0 spiro atoms. The fraction of sp³-hybridized carbons (Fsp3) is 0.556. The van der Waals surface area contributed by atoms with E-state index in [1.807, 2.05) is 12.3 Å². The van der Waals surface area contributed by atoms with Crippen molar-refractivity contribution >= 4 is 22.8 Å². The Kier molecular flexibility index (Phi) is 13.4. The third-order valence-electron chi connectivity index (χ3n) is 6.22. The molecule has 1 heterocycles. The molecule has 0 fully saturated rings. The summed E-state index contributed by atoms with van der Waals surface area (Å²) >= 11 is 0. The average molecular weight is 486 g/mol. The van der Waals surface area contributed by atoms with E-state index in [-0.39, 0.29) is 12.3 Å². The zero-order chi connectivity index (χ0) is 25.3. The van der Waals surface area contributed by atoms with Crippen LogP contribution in [0.3, 0.4) is 0 Å². The van der Waals surface area contributed by atoms with Gasteiger partial charge in [0.05, 0.1) is 0 Å². The van der Waals surface area contributed by atoms with E-state index in [9.17, 15) is 9.59 Å². The van der Waals surface area contributed by atoms with Gasteiger partial charge in [0.15, 0.2) is 0 Å². The van der Waals surface area contributed by atoms with Crippen LogP contribution in [0.4, 0.5) is 0 Å².